The van der Waals surface area contributed by atoms with Gasteiger partial charge in [0.1, 0.15) is 11.8 Å². The summed E-state index contributed by atoms with van der Waals surface area (Å²) >= 11 is 21.9. The number of carbonyl (C=O) groups is 2. The first-order valence-electron chi connectivity index (χ1n) is 10.0. The molecule has 0 fully saturated rings. The number of benzene rings is 2. The maximum Gasteiger partial charge on any atom is 0.261 e. The van der Waals surface area contributed by atoms with E-state index in [2.05, 4.69) is 21.2 Å². The van der Waals surface area contributed by atoms with Crippen molar-refractivity contribution in [2.75, 3.05) is 6.61 Å². The molecule has 0 radical (unpaired) electrons. The van der Waals surface area contributed by atoms with Crippen molar-refractivity contribution in [2.24, 2.45) is 0 Å². The Labute approximate surface area is 212 Å². The molecule has 1 atom stereocenters. The van der Waals surface area contributed by atoms with Crippen molar-refractivity contribution in [3.63, 3.8) is 0 Å². The van der Waals surface area contributed by atoms with Gasteiger partial charge >= 0.3 is 0 Å². The fourth-order valence-electron chi connectivity index (χ4n) is 3.02. The normalized spacial score (nSPS) is 12.2. The Bertz CT molecular complexity index is 979. The van der Waals surface area contributed by atoms with Gasteiger partial charge in [-0.25, -0.2) is 0 Å². The number of rotatable bonds is 8. The van der Waals surface area contributed by atoms with Gasteiger partial charge in [-0.2, -0.15) is 0 Å². The third-order valence-corrected chi connectivity index (χ3v) is 5.86. The Morgan fingerprint density at radius 1 is 1.09 bits per heavy atom. The van der Waals surface area contributed by atoms with E-state index < -0.39 is 11.6 Å². The molecule has 0 aliphatic rings. The SMILES string of the molecule is CC[C@H](C(=O)NC(C)(C)C)N(Cc1ccc(Cl)cc1Cl)C(=O)COc1ccc(Br)cc1Cl. The van der Waals surface area contributed by atoms with Gasteiger partial charge in [0.05, 0.1) is 5.02 Å². The summed E-state index contributed by atoms with van der Waals surface area (Å²) in [7, 11) is 0. The Balaban J connectivity index is 2.30. The molecule has 0 aliphatic carbocycles. The van der Waals surface area contributed by atoms with Crippen molar-refractivity contribution in [2.45, 2.75) is 52.2 Å². The van der Waals surface area contributed by atoms with E-state index in [0.29, 0.717) is 32.8 Å². The van der Waals surface area contributed by atoms with Crippen LogP contribution in [0.25, 0.3) is 0 Å². The first-order chi connectivity index (χ1) is 14.9. The van der Waals surface area contributed by atoms with E-state index in [4.69, 9.17) is 39.5 Å². The van der Waals surface area contributed by atoms with Gasteiger partial charge in [0.25, 0.3) is 5.91 Å². The van der Waals surface area contributed by atoms with Gasteiger partial charge in [0.15, 0.2) is 6.61 Å². The van der Waals surface area contributed by atoms with Crippen LogP contribution < -0.4 is 10.1 Å². The highest BCUT2D eigenvalue weighted by molar-refractivity contribution is 9.10. The topological polar surface area (TPSA) is 58.6 Å². The van der Waals surface area contributed by atoms with Gasteiger partial charge in [-0.05, 0) is 63.1 Å². The highest BCUT2D eigenvalue weighted by Crippen LogP contribution is 2.28. The first kappa shape index (κ1) is 26.8. The zero-order valence-electron chi connectivity index (χ0n) is 18.3. The van der Waals surface area contributed by atoms with E-state index in [0.717, 1.165) is 4.47 Å². The number of hydrogen-bond donors (Lipinski definition) is 1. The van der Waals surface area contributed by atoms with E-state index in [9.17, 15) is 9.59 Å². The van der Waals surface area contributed by atoms with Crippen LogP contribution in [-0.4, -0.2) is 34.9 Å². The molecule has 2 aromatic carbocycles. The molecule has 0 aromatic heterocycles. The average Bonchev–Trinajstić information content (AvgIpc) is 2.67. The molecule has 2 amide bonds. The minimum Gasteiger partial charge on any atom is -0.482 e. The Kier molecular flexibility index (Phi) is 9.70. The van der Waals surface area contributed by atoms with Gasteiger partial charge in [-0.1, -0.05) is 63.7 Å². The Hall–Kier alpha value is -1.47. The van der Waals surface area contributed by atoms with Crippen LogP contribution in [0.3, 0.4) is 0 Å². The van der Waals surface area contributed by atoms with Crippen LogP contribution in [0.2, 0.25) is 15.1 Å². The fraction of sp³-hybridized carbons (Fsp3) is 0.391. The van der Waals surface area contributed by atoms with Gasteiger partial charge < -0.3 is 15.0 Å². The predicted molar refractivity (Wildman–Crippen MR) is 134 cm³/mol. The molecule has 0 saturated heterocycles. The average molecular weight is 565 g/mol. The number of amides is 2. The number of carbonyl (C=O) groups excluding carboxylic acids is 2. The van der Waals surface area contributed by atoms with Gasteiger partial charge in [0, 0.05) is 26.6 Å². The summed E-state index contributed by atoms with van der Waals surface area (Å²) in [5.41, 5.74) is 0.228. The molecule has 1 N–H and O–H groups in total. The Morgan fingerprint density at radius 3 is 2.34 bits per heavy atom. The van der Waals surface area contributed by atoms with Gasteiger partial charge in [-0.3, -0.25) is 9.59 Å². The highest BCUT2D eigenvalue weighted by atomic mass is 79.9. The van der Waals surface area contributed by atoms with E-state index in [1.165, 1.54) is 4.90 Å². The quantitative estimate of drug-likeness (QED) is 0.398. The van der Waals surface area contributed by atoms with Crippen molar-refractivity contribution in [1.82, 2.24) is 10.2 Å². The maximum atomic E-state index is 13.2. The number of halogens is 4. The lowest BCUT2D eigenvalue weighted by atomic mass is 10.1. The molecule has 9 heteroatoms. The molecule has 2 aromatic rings. The second-order valence-electron chi connectivity index (χ2n) is 8.28. The largest absolute Gasteiger partial charge is 0.482 e. The second kappa shape index (κ2) is 11.6. The molecular formula is C23H26BrCl3N2O3. The molecule has 0 saturated carbocycles. The summed E-state index contributed by atoms with van der Waals surface area (Å²) in [5.74, 6) is -0.245. The molecule has 32 heavy (non-hydrogen) atoms. The number of ether oxygens (including phenoxy) is 1. The summed E-state index contributed by atoms with van der Waals surface area (Å²) in [6, 6.07) is 9.45. The minimum absolute atomic E-state index is 0.127. The molecule has 2 rings (SSSR count). The molecule has 0 heterocycles. The number of hydrogen-bond acceptors (Lipinski definition) is 3. The lowest BCUT2D eigenvalue weighted by Crippen LogP contribution is -2.54. The van der Waals surface area contributed by atoms with Crippen LogP contribution in [0, 0.1) is 0 Å². The summed E-state index contributed by atoms with van der Waals surface area (Å²) in [4.78, 5) is 27.7. The summed E-state index contributed by atoms with van der Waals surface area (Å²) in [6.45, 7) is 7.35. The molecule has 5 nitrogen and oxygen atoms in total. The van der Waals surface area contributed by atoms with E-state index in [-0.39, 0.29) is 25.0 Å². The second-order valence-corrected chi connectivity index (χ2v) is 10.5. The first-order valence-corrected chi connectivity index (χ1v) is 12.0. The highest BCUT2D eigenvalue weighted by Gasteiger charge is 2.31. The van der Waals surface area contributed by atoms with E-state index in [1.807, 2.05) is 27.7 Å². The van der Waals surface area contributed by atoms with Crippen LogP contribution in [0.4, 0.5) is 0 Å². The predicted octanol–water partition coefficient (Wildman–Crippen LogP) is 6.51. The van der Waals surface area contributed by atoms with Gasteiger partial charge in [0.2, 0.25) is 5.91 Å². The van der Waals surface area contributed by atoms with Crippen LogP contribution in [0.1, 0.15) is 39.7 Å². The molecule has 0 bridgehead atoms. The molecule has 174 valence electrons. The van der Waals surface area contributed by atoms with Crippen molar-refractivity contribution in [3.8, 4) is 5.75 Å². The smallest absolute Gasteiger partial charge is 0.261 e. The van der Waals surface area contributed by atoms with Gasteiger partial charge in [-0.15, -0.1) is 0 Å². The monoisotopic (exact) mass is 562 g/mol. The van der Waals surface area contributed by atoms with Crippen LogP contribution in [0.5, 0.6) is 5.75 Å². The third-order valence-electron chi connectivity index (χ3n) is 4.48. The van der Waals surface area contributed by atoms with Crippen molar-refractivity contribution >= 4 is 62.5 Å². The van der Waals surface area contributed by atoms with E-state index in [1.54, 1.807) is 36.4 Å². The van der Waals surface area contributed by atoms with E-state index >= 15 is 0 Å². The summed E-state index contributed by atoms with van der Waals surface area (Å²) in [6.07, 6.45) is 0.415. The minimum atomic E-state index is -0.711. The summed E-state index contributed by atoms with van der Waals surface area (Å²) < 4.78 is 6.46. The van der Waals surface area contributed by atoms with Crippen LogP contribution >= 0.6 is 50.7 Å². The summed E-state index contributed by atoms with van der Waals surface area (Å²) in [5, 5.41) is 4.23. The lowest BCUT2D eigenvalue weighted by molar-refractivity contribution is -0.143. The Morgan fingerprint density at radius 2 is 1.78 bits per heavy atom. The third kappa shape index (κ3) is 7.84. The number of nitrogens with zero attached hydrogens (tertiary/aromatic N) is 1. The van der Waals surface area contributed by atoms with Crippen LogP contribution in [0.15, 0.2) is 40.9 Å². The van der Waals surface area contributed by atoms with Crippen molar-refractivity contribution in [3.05, 3.63) is 61.5 Å². The lowest BCUT2D eigenvalue weighted by Gasteiger charge is -2.33. The molecule has 0 spiro atoms. The molecule has 0 unspecified atom stereocenters. The van der Waals surface area contributed by atoms with Crippen molar-refractivity contribution < 1.29 is 14.3 Å². The van der Waals surface area contributed by atoms with Crippen molar-refractivity contribution in [1.29, 1.82) is 0 Å². The zero-order chi connectivity index (χ0) is 24.1. The number of nitrogens with one attached hydrogen (secondary N) is 1. The fourth-order valence-corrected chi connectivity index (χ4v) is 4.22. The standard InChI is InChI=1S/C23H26BrCl3N2O3/c1-5-19(22(31)28-23(2,3)4)29(12-14-6-8-16(25)11-17(14)26)21(30)13-32-20-9-7-15(24)10-18(20)27/h6-11,19H,5,12-13H2,1-4H3,(H,28,31)/t19-/m1/s1. The zero-order valence-corrected chi connectivity index (χ0v) is 22.2. The molecular weight excluding hydrogens is 539 g/mol. The van der Waals surface area contributed by atoms with Crippen LogP contribution in [-0.2, 0) is 16.1 Å². The molecule has 0 aliphatic heterocycles. The maximum absolute atomic E-state index is 13.2.